The molecule has 0 fully saturated rings. The summed E-state index contributed by atoms with van der Waals surface area (Å²) < 4.78 is 0. The molecule has 0 unspecified atom stereocenters. The molecular weight excluding hydrogens is 290 g/mol. The minimum Gasteiger partial charge on any atom is -0.386 e. The van der Waals surface area contributed by atoms with Gasteiger partial charge in [0, 0.05) is 6.42 Å². The average molecular weight is 307 g/mol. The average Bonchev–Trinajstić information content (AvgIpc) is 3.10. The number of hydrogen-bond donors (Lipinski definition) is 0. The lowest BCUT2D eigenvalue weighted by Crippen LogP contribution is -2.26. The lowest BCUT2D eigenvalue weighted by Gasteiger charge is -2.09. The van der Waals surface area contributed by atoms with Crippen LogP contribution in [0.3, 0.4) is 0 Å². The van der Waals surface area contributed by atoms with E-state index in [0.717, 1.165) is 23.3 Å². The van der Waals surface area contributed by atoms with E-state index in [9.17, 15) is 4.79 Å². The van der Waals surface area contributed by atoms with Crippen molar-refractivity contribution in [1.82, 2.24) is 5.01 Å². The highest BCUT2D eigenvalue weighted by Crippen LogP contribution is 2.13. The highest BCUT2D eigenvalue weighted by molar-refractivity contribution is 6.02. The van der Waals surface area contributed by atoms with Gasteiger partial charge in [0.2, 0.25) is 0 Å². The Morgan fingerprint density at radius 3 is 2.57 bits per heavy atom. The number of hydrogen-bond acceptors (Lipinski definition) is 4. The Morgan fingerprint density at radius 2 is 1.83 bits per heavy atom. The molecule has 2 aromatic carbocycles. The molecule has 2 aromatic rings. The van der Waals surface area contributed by atoms with Crippen molar-refractivity contribution in [1.29, 1.82) is 0 Å². The van der Waals surface area contributed by atoms with Crippen LogP contribution in [0.5, 0.6) is 0 Å². The first kappa shape index (κ1) is 15.0. The van der Waals surface area contributed by atoms with Crippen LogP contribution in [-0.2, 0) is 9.63 Å². The van der Waals surface area contributed by atoms with Gasteiger partial charge >= 0.3 is 0 Å². The maximum atomic E-state index is 12.1. The Labute approximate surface area is 134 Å². The molecule has 0 aliphatic carbocycles. The van der Waals surface area contributed by atoms with Gasteiger partial charge in [0.1, 0.15) is 0 Å². The highest BCUT2D eigenvalue weighted by Gasteiger charge is 2.21. The molecule has 5 nitrogen and oxygen atoms in total. The van der Waals surface area contributed by atoms with Gasteiger partial charge in [0.15, 0.2) is 6.61 Å². The zero-order valence-electron chi connectivity index (χ0n) is 12.6. The lowest BCUT2D eigenvalue weighted by atomic mass is 10.1. The molecule has 0 spiro atoms. The quantitative estimate of drug-likeness (QED) is 0.630. The number of rotatable bonds is 5. The van der Waals surface area contributed by atoms with Crippen LogP contribution < -0.4 is 0 Å². The van der Waals surface area contributed by atoms with Gasteiger partial charge < -0.3 is 4.84 Å². The van der Waals surface area contributed by atoms with E-state index in [1.165, 1.54) is 5.01 Å². The first-order chi connectivity index (χ1) is 11.3. The summed E-state index contributed by atoms with van der Waals surface area (Å²) in [5, 5.41) is 9.62. The van der Waals surface area contributed by atoms with Gasteiger partial charge in [-0.1, -0.05) is 65.8 Å². The molecule has 23 heavy (non-hydrogen) atoms. The summed E-state index contributed by atoms with van der Waals surface area (Å²) in [4.78, 5) is 17.1. The van der Waals surface area contributed by atoms with Crippen LogP contribution in [0.4, 0.5) is 0 Å². The molecule has 0 saturated heterocycles. The Kier molecular flexibility index (Phi) is 4.79. The summed E-state index contributed by atoms with van der Waals surface area (Å²) in [7, 11) is 0. The normalized spacial score (nSPS) is 14.1. The predicted octanol–water partition coefficient (Wildman–Crippen LogP) is 2.67. The summed E-state index contributed by atoms with van der Waals surface area (Å²) in [6.07, 6.45) is 2.33. The van der Waals surface area contributed by atoms with Crippen LogP contribution in [0.1, 0.15) is 17.5 Å². The smallest absolute Gasteiger partial charge is 0.283 e. The summed E-state index contributed by atoms with van der Waals surface area (Å²) >= 11 is 0. The summed E-state index contributed by atoms with van der Waals surface area (Å²) in [6.45, 7) is 0.462. The Hall–Kier alpha value is -2.95. The van der Waals surface area contributed by atoms with Gasteiger partial charge in [-0.25, -0.2) is 5.01 Å². The third-order valence-corrected chi connectivity index (χ3v) is 3.46. The van der Waals surface area contributed by atoms with Crippen LogP contribution in [0, 0.1) is 0 Å². The molecule has 0 aromatic heterocycles. The molecular formula is C18H17N3O2. The number of benzene rings is 2. The van der Waals surface area contributed by atoms with Gasteiger partial charge in [0.05, 0.1) is 18.5 Å². The molecule has 1 heterocycles. The minimum atomic E-state index is -0.193. The fraction of sp³-hybridized carbons (Fsp3) is 0.167. The summed E-state index contributed by atoms with van der Waals surface area (Å²) in [5.41, 5.74) is 2.89. The highest BCUT2D eigenvalue weighted by atomic mass is 16.6. The van der Waals surface area contributed by atoms with E-state index >= 15 is 0 Å². The molecule has 1 aliphatic heterocycles. The van der Waals surface area contributed by atoms with Crippen molar-refractivity contribution in [2.45, 2.75) is 6.42 Å². The number of carbonyl (C=O) groups is 1. The van der Waals surface area contributed by atoms with Gasteiger partial charge in [0.25, 0.3) is 5.91 Å². The second-order valence-corrected chi connectivity index (χ2v) is 5.10. The topological polar surface area (TPSA) is 54.3 Å². The number of carbonyl (C=O) groups excluding carboxylic acids is 1. The maximum Gasteiger partial charge on any atom is 0.283 e. The molecule has 0 radical (unpaired) electrons. The SMILES string of the molecule is O=C(CO/N=C/c1ccccc1)N1CCC(c2ccccc2)=N1. The van der Waals surface area contributed by atoms with E-state index in [-0.39, 0.29) is 12.5 Å². The molecule has 0 atom stereocenters. The van der Waals surface area contributed by atoms with Gasteiger partial charge in [-0.05, 0) is 11.1 Å². The zero-order valence-corrected chi connectivity index (χ0v) is 12.6. The Bertz CT molecular complexity index is 712. The van der Waals surface area contributed by atoms with E-state index in [2.05, 4.69) is 10.3 Å². The molecule has 1 amide bonds. The van der Waals surface area contributed by atoms with E-state index in [1.807, 2.05) is 60.7 Å². The standard InChI is InChI=1S/C18H17N3O2/c22-18(14-23-19-13-15-7-3-1-4-8-15)21-12-11-17(20-21)16-9-5-2-6-10-16/h1-10,13H,11-12,14H2/b19-13+. The van der Waals surface area contributed by atoms with Crippen molar-refractivity contribution in [3.8, 4) is 0 Å². The summed E-state index contributed by atoms with van der Waals surface area (Å²) in [5.74, 6) is -0.193. The van der Waals surface area contributed by atoms with Crippen LogP contribution in [0.15, 0.2) is 70.9 Å². The Balaban J connectivity index is 1.51. The van der Waals surface area contributed by atoms with Crippen molar-refractivity contribution in [3.05, 3.63) is 71.8 Å². The number of nitrogens with zero attached hydrogens (tertiary/aromatic N) is 3. The second kappa shape index (κ2) is 7.35. The van der Waals surface area contributed by atoms with Crippen molar-refractivity contribution in [3.63, 3.8) is 0 Å². The van der Waals surface area contributed by atoms with E-state index in [1.54, 1.807) is 6.21 Å². The Morgan fingerprint density at radius 1 is 1.13 bits per heavy atom. The maximum absolute atomic E-state index is 12.1. The second-order valence-electron chi connectivity index (χ2n) is 5.10. The monoisotopic (exact) mass is 307 g/mol. The third-order valence-electron chi connectivity index (χ3n) is 3.46. The van der Waals surface area contributed by atoms with Crippen molar-refractivity contribution in [2.24, 2.45) is 10.3 Å². The molecule has 1 aliphatic rings. The fourth-order valence-corrected chi connectivity index (χ4v) is 2.27. The fourth-order valence-electron chi connectivity index (χ4n) is 2.27. The lowest BCUT2D eigenvalue weighted by molar-refractivity contribution is -0.135. The van der Waals surface area contributed by atoms with E-state index in [4.69, 9.17) is 4.84 Å². The first-order valence-corrected chi connectivity index (χ1v) is 7.46. The van der Waals surface area contributed by atoms with Gasteiger partial charge in [-0.15, -0.1) is 0 Å². The predicted molar refractivity (Wildman–Crippen MR) is 89.3 cm³/mol. The molecule has 116 valence electrons. The molecule has 0 saturated carbocycles. The molecule has 0 N–H and O–H groups in total. The van der Waals surface area contributed by atoms with Crippen LogP contribution >= 0.6 is 0 Å². The largest absolute Gasteiger partial charge is 0.386 e. The summed E-state index contributed by atoms with van der Waals surface area (Å²) in [6, 6.07) is 19.4. The number of oxime groups is 1. The molecule has 5 heteroatoms. The minimum absolute atomic E-state index is 0.116. The van der Waals surface area contributed by atoms with E-state index in [0.29, 0.717) is 6.54 Å². The zero-order chi connectivity index (χ0) is 15.9. The number of hydrazone groups is 1. The van der Waals surface area contributed by atoms with Gasteiger partial charge in [-0.2, -0.15) is 5.10 Å². The van der Waals surface area contributed by atoms with Crippen molar-refractivity contribution in [2.75, 3.05) is 13.2 Å². The van der Waals surface area contributed by atoms with Crippen molar-refractivity contribution >= 4 is 17.8 Å². The molecule has 3 rings (SSSR count). The number of amides is 1. The van der Waals surface area contributed by atoms with Gasteiger partial charge in [-0.3, -0.25) is 4.79 Å². The van der Waals surface area contributed by atoms with Crippen LogP contribution in [0.2, 0.25) is 0 Å². The first-order valence-electron chi connectivity index (χ1n) is 7.46. The van der Waals surface area contributed by atoms with Crippen LogP contribution in [-0.4, -0.2) is 36.0 Å². The molecule has 0 bridgehead atoms. The van der Waals surface area contributed by atoms with E-state index < -0.39 is 0 Å². The van der Waals surface area contributed by atoms with Crippen LogP contribution in [0.25, 0.3) is 0 Å². The van der Waals surface area contributed by atoms with Crippen molar-refractivity contribution < 1.29 is 9.63 Å². The third kappa shape index (κ3) is 4.03.